The monoisotopic (exact) mass is 453 g/mol. The number of rotatable bonds is 6. The largest absolute Gasteiger partial charge is 0.277 e. The molecule has 148 valence electrons. The molecule has 0 N–H and O–H groups in total. The summed E-state index contributed by atoms with van der Waals surface area (Å²) in [5.74, 6) is 0. The first kappa shape index (κ1) is 20.9. The number of thioether (sulfide) groups is 1. The van der Waals surface area contributed by atoms with Gasteiger partial charge in [-0.15, -0.1) is 23.1 Å². The fourth-order valence-corrected chi connectivity index (χ4v) is 8.39. The second kappa shape index (κ2) is 7.90. The van der Waals surface area contributed by atoms with Crippen LogP contribution >= 0.6 is 23.1 Å². The zero-order chi connectivity index (χ0) is 20.5. The topological polar surface area (TPSA) is 71.5 Å². The van der Waals surface area contributed by atoms with Crippen molar-refractivity contribution in [3.63, 3.8) is 0 Å². The highest BCUT2D eigenvalue weighted by molar-refractivity contribution is 8.10. The van der Waals surface area contributed by atoms with Crippen LogP contribution in [0.2, 0.25) is 0 Å². The first-order chi connectivity index (χ1) is 13.2. The Kier molecular flexibility index (Phi) is 5.90. The van der Waals surface area contributed by atoms with Gasteiger partial charge < -0.3 is 0 Å². The summed E-state index contributed by atoms with van der Waals surface area (Å²) in [6, 6.07) is 14.0. The van der Waals surface area contributed by atoms with Gasteiger partial charge in [0.2, 0.25) is 0 Å². The quantitative estimate of drug-likeness (QED) is 0.507. The van der Waals surface area contributed by atoms with E-state index < -0.39 is 20.0 Å². The van der Waals surface area contributed by atoms with Crippen LogP contribution in [0.25, 0.3) is 0 Å². The molecule has 0 fully saturated rings. The van der Waals surface area contributed by atoms with E-state index in [1.165, 1.54) is 53.4 Å². The van der Waals surface area contributed by atoms with Crippen molar-refractivity contribution in [2.45, 2.75) is 27.8 Å². The number of aryl methyl sites for hydroxylation is 2. The lowest BCUT2D eigenvalue weighted by Crippen LogP contribution is -2.37. The first-order valence-corrected chi connectivity index (χ1v) is 13.2. The van der Waals surface area contributed by atoms with Crippen molar-refractivity contribution in [2.75, 3.05) is 9.97 Å². The Morgan fingerprint density at radius 3 is 1.75 bits per heavy atom. The third-order valence-corrected chi connectivity index (χ3v) is 10.2. The van der Waals surface area contributed by atoms with Gasteiger partial charge in [-0.3, -0.25) is 0 Å². The third kappa shape index (κ3) is 3.84. The molecule has 0 unspecified atom stereocenters. The van der Waals surface area contributed by atoms with Crippen LogP contribution in [-0.4, -0.2) is 23.1 Å². The minimum absolute atomic E-state index is 0.0676. The van der Waals surface area contributed by atoms with Gasteiger partial charge in [0.05, 0.1) is 19.7 Å². The molecule has 3 aromatic rings. The number of hydrogen-bond acceptors (Lipinski definition) is 6. The molecule has 0 bridgehead atoms. The Morgan fingerprint density at radius 2 is 1.32 bits per heavy atom. The van der Waals surface area contributed by atoms with Gasteiger partial charge in [-0.05, 0) is 66.9 Å². The molecule has 0 radical (unpaired) electrons. The lowest BCUT2D eigenvalue weighted by molar-refractivity contribution is 0.584. The third-order valence-electron chi connectivity index (χ3n) is 4.00. The molecule has 0 saturated heterocycles. The summed E-state index contributed by atoms with van der Waals surface area (Å²) in [6.45, 7) is 3.52. The van der Waals surface area contributed by atoms with Crippen molar-refractivity contribution in [2.24, 2.45) is 0 Å². The molecule has 2 aromatic carbocycles. The number of sulfonamides is 2. The van der Waals surface area contributed by atoms with Crippen molar-refractivity contribution in [3.05, 3.63) is 71.1 Å². The summed E-state index contributed by atoms with van der Waals surface area (Å²) in [5.41, 5.74) is 1.59. The summed E-state index contributed by atoms with van der Waals surface area (Å²) < 4.78 is 55.2. The van der Waals surface area contributed by atoms with E-state index in [0.717, 1.165) is 11.1 Å². The molecule has 0 aliphatic rings. The molecule has 0 atom stereocenters. The SMILES string of the molecule is CSc1sccc1N(S(=O)(=O)c1cccc(C)c1)S(=O)(=O)c1cccc(C)c1. The molecule has 9 heteroatoms. The van der Waals surface area contributed by atoms with E-state index >= 15 is 0 Å². The van der Waals surface area contributed by atoms with E-state index in [1.54, 1.807) is 49.7 Å². The molecule has 0 aliphatic carbocycles. The summed E-state index contributed by atoms with van der Waals surface area (Å²) in [5, 5.41) is 1.69. The van der Waals surface area contributed by atoms with Crippen molar-refractivity contribution < 1.29 is 16.8 Å². The van der Waals surface area contributed by atoms with Gasteiger partial charge in [0, 0.05) is 0 Å². The van der Waals surface area contributed by atoms with Gasteiger partial charge in [-0.2, -0.15) is 3.71 Å². The molecule has 5 nitrogen and oxygen atoms in total. The smallest absolute Gasteiger partial charge is 0.200 e. The van der Waals surface area contributed by atoms with Crippen molar-refractivity contribution >= 4 is 48.8 Å². The zero-order valence-electron chi connectivity index (χ0n) is 15.5. The maximum Gasteiger partial charge on any atom is 0.277 e. The average Bonchev–Trinajstić information content (AvgIpc) is 3.09. The van der Waals surface area contributed by atoms with Gasteiger partial charge in [-0.25, -0.2) is 16.8 Å². The molecule has 0 aliphatic heterocycles. The number of hydrogen-bond donors (Lipinski definition) is 0. The molecule has 0 saturated carbocycles. The number of nitrogens with zero attached hydrogens (tertiary/aromatic N) is 1. The number of benzene rings is 2. The molecule has 0 spiro atoms. The molecule has 1 aromatic heterocycles. The van der Waals surface area contributed by atoms with Crippen LogP contribution in [-0.2, 0) is 20.0 Å². The Morgan fingerprint density at radius 1 is 0.821 bits per heavy atom. The van der Waals surface area contributed by atoms with Crippen LogP contribution < -0.4 is 3.71 Å². The van der Waals surface area contributed by atoms with Gasteiger partial charge in [0.1, 0.15) is 0 Å². The number of thiophene rings is 1. The summed E-state index contributed by atoms with van der Waals surface area (Å²) in [7, 11) is -8.72. The second-order valence-corrected chi connectivity index (χ2v) is 11.9. The highest BCUT2D eigenvalue weighted by Crippen LogP contribution is 2.40. The van der Waals surface area contributed by atoms with E-state index in [4.69, 9.17) is 0 Å². The Bertz CT molecular complexity index is 1140. The van der Waals surface area contributed by atoms with Crippen LogP contribution in [0.4, 0.5) is 5.69 Å². The fourth-order valence-electron chi connectivity index (χ4n) is 2.71. The molecule has 28 heavy (non-hydrogen) atoms. The Hall–Kier alpha value is -1.81. The van der Waals surface area contributed by atoms with Crippen molar-refractivity contribution in [3.8, 4) is 0 Å². The van der Waals surface area contributed by atoms with E-state index in [0.29, 0.717) is 7.92 Å². The highest BCUT2D eigenvalue weighted by Gasteiger charge is 2.38. The van der Waals surface area contributed by atoms with Crippen molar-refractivity contribution in [1.82, 2.24) is 0 Å². The maximum absolute atomic E-state index is 13.5. The van der Waals surface area contributed by atoms with Crippen LogP contribution in [0, 0.1) is 13.8 Å². The molecule has 3 rings (SSSR count). The summed E-state index contributed by atoms with van der Waals surface area (Å²) >= 11 is 2.61. The summed E-state index contributed by atoms with van der Waals surface area (Å²) in [6.07, 6.45) is 1.78. The van der Waals surface area contributed by atoms with Crippen LogP contribution in [0.1, 0.15) is 11.1 Å². The second-order valence-electron chi connectivity index (χ2n) is 6.14. The standard InChI is InChI=1S/C19H19NO4S4/c1-14-6-4-8-16(12-14)27(21,22)20(18-10-11-26-19(18)25-3)28(23,24)17-9-5-7-15(2)13-17/h4-13H,1-3H3. The van der Waals surface area contributed by atoms with Crippen LogP contribution in [0.5, 0.6) is 0 Å². The van der Waals surface area contributed by atoms with E-state index in [2.05, 4.69) is 0 Å². The lowest BCUT2D eigenvalue weighted by Gasteiger charge is -2.24. The van der Waals surface area contributed by atoms with E-state index in [9.17, 15) is 16.8 Å². The Balaban J connectivity index is 2.31. The first-order valence-electron chi connectivity index (χ1n) is 8.23. The minimum atomic E-state index is -4.36. The lowest BCUT2D eigenvalue weighted by atomic mass is 10.2. The van der Waals surface area contributed by atoms with Gasteiger partial charge >= 0.3 is 0 Å². The van der Waals surface area contributed by atoms with Crippen LogP contribution in [0.15, 0.2) is 74.0 Å². The fraction of sp³-hybridized carbons (Fsp3) is 0.158. The highest BCUT2D eigenvalue weighted by atomic mass is 32.3. The van der Waals surface area contributed by atoms with E-state index in [1.807, 2.05) is 0 Å². The number of anilines is 1. The van der Waals surface area contributed by atoms with Gasteiger partial charge in [0.25, 0.3) is 20.0 Å². The predicted octanol–water partition coefficient (Wildman–Crippen LogP) is 4.67. The Labute approximate surface area is 174 Å². The minimum Gasteiger partial charge on any atom is -0.200 e. The average molecular weight is 454 g/mol. The molecule has 1 heterocycles. The maximum atomic E-state index is 13.5. The molecular formula is C19H19NO4S4. The summed E-state index contributed by atoms with van der Waals surface area (Å²) in [4.78, 5) is -0.135. The van der Waals surface area contributed by atoms with Crippen LogP contribution in [0.3, 0.4) is 0 Å². The normalized spacial score (nSPS) is 12.1. The van der Waals surface area contributed by atoms with Gasteiger partial charge in [-0.1, -0.05) is 24.3 Å². The molecular weight excluding hydrogens is 434 g/mol. The zero-order valence-corrected chi connectivity index (χ0v) is 18.8. The predicted molar refractivity (Wildman–Crippen MR) is 115 cm³/mol. The molecule has 0 amide bonds. The van der Waals surface area contributed by atoms with Crippen molar-refractivity contribution in [1.29, 1.82) is 0 Å². The van der Waals surface area contributed by atoms with E-state index in [-0.39, 0.29) is 15.5 Å². The van der Waals surface area contributed by atoms with Gasteiger partial charge in [0.15, 0.2) is 0 Å².